The van der Waals surface area contributed by atoms with Gasteiger partial charge in [-0.1, -0.05) is 30.2 Å². The summed E-state index contributed by atoms with van der Waals surface area (Å²) in [7, 11) is 0. The summed E-state index contributed by atoms with van der Waals surface area (Å²) in [6.07, 6.45) is 9.45. The highest BCUT2D eigenvalue weighted by Crippen LogP contribution is 2.30. The van der Waals surface area contributed by atoms with Crippen LogP contribution in [0.2, 0.25) is 0 Å². The fourth-order valence-corrected chi connectivity index (χ4v) is 2.38. The molecular formula is C17H16N2O. The number of pyridine rings is 1. The zero-order chi connectivity index (χ0) is 13.9. The van der Waals surface area contributed by atoms with Crippen LogP contribution in [0.5, 0.6) is 0 Å². The van der Waals surface area contributed by atoms with Gasteiger partial charge in [0.2, 0.25) is 0 Å². The molecule has 1 aliphatic rings. The van der Waals surface area contributed by atoms with Crippen LogP contribution in [0.25, 0.3) is 10.8 Å². The molecule has 20 heavy (non-hydrogen) atoms. The van der Waals surface area contributed by atoms with Gasteiger partial charge in [-0.25, -0.2) is 0 Å². The molecular weight excluding hydrogens is 248 g/mol. The van der Waals surface area contributed by atoms with Crippen molar-refractivity contribution in [2.75, 3.05) is 13.1 Å². The molecule has 3 heteroatoms. The summed E-state index contributed by atoms with van der Waals surface area (Å²) < 4.78 is 0. The molecule has 0 radical (unpaired) electrons. The minimum Gasteiger partial charge on any atom is -0.326 e. The van der Waals surface area contributed by atoms with E-state index in [0.717, 1.165) is 17.3 Å². The second-order valence-corrected chi connectivity index (χ2v) is 5.21. The molecule has 1 aromatic carbocycles. The second-order valence-electron chi connectivity index (χ2n) is 5.21. The molecule has 2 aromatic rings. The molecule has 0 unspecified atom stereocenters. The number of benzene rings is 1. The number of hydrogen-bond acceptors (Lipinski definition) is 2. The SMILES string of the molecule is C#CCN(CC1CC1)C(=O)c1nccc2ccccc12. The Morgan fingerprint density at radius 1 is 1.35 bits per heavy atom. The van der Waals surface area contributed by atoms with Gasteiger partial charge in [-0.2, -0.15) is 0 Å². The van der Waals surface area contributed by atoms with Crippen LogP contribution in [-0.4, -0.2) is 28.9 Å². The number of hydrogen-bond donors (Lipinski definition) is 0. The highest BCUT2D eigenvalue weighted by Gasteiger charge is 2.27. The lowest BCUT2D eigenvalue weighted by atomic mass is 10.1. The van der Waals surface area contributed by atoms with Gasteiger partial charge in [0, 0.05) is 18.1 Å². The maximum absolute atomic E-state index is 12.7. The van der Waals surface area contributed by atoms with Crippen LogP contribution < -0.4 is 0 Å². The van der Waals surface area contributed by atoms with E-state index in [1.807, 2.05) is 30.3 Å². The lowest BCUT2D eigenvalue weighted by Gasteiger charge is -2.20. The average molecular weight is 264 g/mol. The summed E-state index contributed by atoms with van der Waals surface area (Å²) >= 11 is 0. The monoisotopic (exact) mass is 264 g/mol. The van der Waals surface area contributed by atoms with Gasteiger partial charge in [-0.05, 0) is 30.2 Å². The van der Waals surface area contributed by atoms with Crippen LogP contribution in [-0.2, 0) is 0 Å². The van der Waals surface area contributed by atoms with Crippen molar-refractivity contribution in [1.82, 2.24) is 9.88 Å². The molecule has 1 amide bonds. The molecule has 1 aromatic heterocycles. The van der Waals surface area contributed by atoms with Crippen LogP contribution in [0.3, 0.4) is 0 Å². The van der Waals surface area contributed by atoms with Crippen molar-refractivity contribution in [3.05, 3.63) is 42.2 Å². The highest BCUT2D eigenvalue weighted by atomic mass is 16.2. The fourth-order valence-electron chi connectivity index (χ4n) is 2.38. The van der Waals surface area contributed by atoms with Crippen molar-refractivity contribution in [3.63, 3.8) is 0 Å². The Labute approximate surface area is 118 Å². The molecule has 1 saturated carbocycles. The zero-order valence-electron chi connectivity index (χ0n) is 11.2. The third-order valence-electron chi connectivity index (χ3n) is 3.62. The van der Waals surface area contributed by atoms with Crippen molar-refractivity contribution in [1.29, 1.82) is 0 Å². The molecule has 1 fully saturated rings. The lowest BCUT2D eigenvalue weighted by molar-refractivity contribution is 0.0766. The number of nitrogens with zero attached hydrogens (tertiary/aromatic N) is 2. The molecule has 0 bridgehead atoms. The number of carbonyl (C=O) groups is 1. The summed E-state index contributed by atoms with van der Waals surface area (Å²) in [5.74, 6) is 3.13. The quantitative estimate of drug-likeness (QED) is 0.795. The van der Waals surface area contributed by atoms with Gasteiger partial charge in [0.25, 0.3) is 5.91 Å². The summed E-state index contributed by atoms with van der Waals surface area (Å²) in [6.45, 7) is 1.09. The van der Waals surface area contributed by atoms with Crippen LogP contribution in [0.4, 0.5) is 0 Å². The second kappa shape index (κ2) is 5.34. The molecule has 100 valence electrons. The Kier molecular flexibility index (Phi) is 3.39. The summed E-state index contributed by atoms with van der Waals surface area (Å²) in [6, 6.07) is 9.71. The van der Waals surface area contributed by atoms with Gasteiger partial charge in [0.05, 0.1) is 6.54 Å². The van der Waals surface area contributed by atoms with E-state index in [1.54, 1.807) is 11.1 Å². The Balaban J connectivity index is 1.95. The maximum atomic E-state index is 12.7. The Morgan fingerprint density at radius 2 is 2.15 bits per heavy atom. The van der Waals surface area contributed by atoms with E-state index in [-0.39, 0.29) is 5.91 Å². The predicted molar refractivity (Wildman–Crippen MR) is 79.2 cm³/mol. The molecule has 1 heterocycles. The number of aromatic nitrogens is 1. The maximum Gasteiger partial charge on any atom is 0.273 e. The van der Waals surface area contributed by atoms with Crippen LogP contribution >= 0.6 is 0 Å². The Hall–Kier alpha value is -2.34. The Morgan fingerprint density at radius 3 is 2.90 bits per heavy atom. The molecule has 0 atom stereocenters. The van der Waals surface area contributed by atoms with Crippen molar-refractivity contribution in [3.8, 4) is 12.3 Å². The minimum absolute atomic E-state index is 0.0633. The van der Waals surface area contributed by atoms with E-state index in [4.69, 9.17) is 6.42 Å². The van der Waals surface area contributed by atoms with E-state index in [9.17, 15) is 4.79 Å². The van der Waals surface area contributed by atoms with Gasteiger partial charge < -0.3 is 4.90 Å². The first kappa shape index (κ1) is 12.7. The summed E-state index contributed by atoms with van der Waals surface area (Å²) in [4.78, 5) is 18.7. The number of amides is 1. The third-order valence-corrected chi connectivity index (χ3v) is 3.62. The van der Waals surface area contributed by atoms with Crippen LogP contribution in [0.1, 0.15) is 23.3 Å². The van der Waals surface area contributed by atoms with E-state index in [1.165, 1.54) is 12.8 Å². The van der Waals surface area contributed by atoms with Crippen LogP contribution in [0.15, 0.2) is 36.5 Å². The third kappa shape index (κ3) is 2.50. The van der Waals surface area contributed by atoms with E-state index < -0.39 is 0 Å². The largest absolute Gasteiger partial charge is 0.326 e. The molecule has 0 spiro atoms. The topological polar surface area (TPSA) is 33.2 Å². The molecule has 0 aliphatic heterocycles. The van der Waals surface area contributed by atoms with Crippen molar-refractivity contribution in [2.24, 2.45) is 5.92 Å². The standard InChI is InChI=1S/C17H16N2O/c1-2-11-19(12-13-7-8-13)17(20)16-15-6-4-3-5-14(15)9-10-18-16/h1,3-6,9-10,13H,7-8,11-12H2. The summed E-state index contributed by atoms with van der Waals surface area (Å²) in [5.41, 5.74) is 0.499. The number of rotatable bonds is 4. The number of carbonyl (C=O) groups excluding carboxylic acids is 1. The highest BCUT2D eigenvalue weighted by molar-refractivity contribution is 6.05. The summed E-state index contributed by atoms with van der Waals surface area (Å²) in [5, 5.41) is 1.91. The minimum atomic E-state index is -0.0633. The average Bonchev–Trinajstić information content (AvgIpc) is 3.29. The first-order valence-corrected chi connectivity index (χ1v) is 6.86. The number of fused-ring (bicyclic) bond motifs is 1. The van der Waals surface area contributed by atoms with Crippen molar-refractivity contribution >= 4 is 16.7 Å². The first-order chi connectivity index (χ1) is 9.79. The number of terminal acetylenes is 1. The smallest absolute Gasteiger partial charge is 0.273 e. The van der Waals surface area contributed by atoms with Gasteiger partial charge in [0.15, 0.2) is 0 Å². The van der Waals surface area contributed by atoms with E-state index in [2.05, 4.69) is 10.9 Å². The van der Waals surface area contributed by atoms with Gasteiger partial charge in [-0.3, -0.25) is 9.78 Å². The molecule has 3 nitrogen and oxygen atoms in total. The van der Waals surface area contributed by atoms with Crippen molar-refractivity contribution in [2.45, 2.75) is 12.8 Å². The first-order valence-electron chi connectivity index (χ1n) is 6.86. The normalized spacial score (nSPS) is 13.9. The van der Waals surface area contributed by atoms with Crippen molar-refractivity contribution < 1.29 is 4.79 Å². The van der Waals surface area contributed by atoms with Gasteiger partial charge in [0.1, 0.15) is 5.69 Å². The van der Waals surface area contributed by atoms with E-state index >= 15 is 0 Å². The van der Waals surface area contributed by atoms with Gasteiger partial charge in [-0.15, -0.1) is 6.42 Å². The lowest BCUT2D eigenvalue weighted by Crippen LogP contribution is -2.34. The predicted octanol–water partition coefficient (Wildman–Crippen LogP) is 2.72. The van der Waals surface area contributed by atoms with Gasteiger partial charge >= 0.3 is 0 Å². The van der Waals surface area contributed by atoms with E-state index in [0.29, 0.717) is 18.2 Å². The van der Waals surface area contributed by atoms with Crippen LogP contribution in [0, 0.1) is 18.3 Å². The molecule has 3 rings (SSSR count). The molecule has 1 aliphatic carbocycles. The molecule has 0 N–H and O–H groups in total. The Bertz CT molecular complexity index is 677. The zero-order valence-corrected chi connectivity index (χ0v) is 11.2. The fraction of sp³-hybridized carbons (Fsp3) is 0.294. The molecule has 0 saturated heterocycles.